The van der Waals surface area contributed by atoms with E-state index in [9.17, 15) is 14.7 Å². The first-order chi connectivity index (χ1) is 10.5. The standard InChI is InChI=1S/C15H13NO5S/c1-9-16-10(8-22-9)2-5-15(20)21-7-14(19)12-4-3-11(17)6-13(12)18/h2-6,8,17-18H,7H2,1H3. The Morgan fingerprint density at radius 3 is 2.77 bits per heavy atom. The first-order valence-electron chi connectivity index (χ1n) is 6.28. The van der Waals surface area contributed by atoms with E-state index < -0.39 is 18.4 Å². The van der Waals surface area contributed by atoms with Crippen molar-refractivity contribution >= 4 is 29.2 Å². The number of ether oxygens (including phenoxy) is 1. The van der Waals surface area contributed by atoms with Gasteiger partial charge in [-0.15, -0.1) is 11.3 Å². The monoisotopic (exact) mass is 319 g/mol. The molecular formula is C15H13NO5S. The van der Waals surface area contributed by atoms with E-state index in [-0.39, 0.29) is 17.1 Å². The average molecular weight is 319 g/mol. The summed E-state index contributed by atoms with van der Waals surface area (Å²) in [7, 11) is 0. The van der Waals surface area contributed by atoms with Gasteiger partial charge < -0.3 is 14.9 Å². The van der Waals surface area contributed by atoms with Gasteiger partial charge in [0.1, 0.15) is 11.5 Å². The third-order valence-electron chi connectivity index (χ3n) is 2.65. The molecule has 2 rings (SSSR count). The maximum atomic E-state index is 11.8. The van der Waals surface area contributed by atoms with E-state index in [2.05, 4.69) is 4.98 Å². The van der Waals surface area contributed by atoms with Gasteiger partial charge in [0, 0.05) is 17.5 Å². The lowest BCUT2D eigenvalue weighted by Gasteiger charge is -2.04. The summed E-state index contributed by atoms with van der Waals surface area (Å²) in [4.78, 5) is 27.5. The molecule has 1 aromatic heterocycles. The molecule has 1 aromatic carbocycles. The number of carbonyl (C=O) groups is 2. The number of aryl methyl sites for hydroxylation is 1. The normalized spacial score (nSPS) is 10.8. The zero-order valence-corrected chi connectivity index (χ0v) is 12.5. The third-order valence-corrected chi connectivity index (χ3v) is 3.45. The summed E-state index contributed by atoms with van der Waals surface area (Å²) in [5, 5.41) is 21.4. The number of aromatic nitrogens is 1. The Balaban J connectivity index is 1.90. The third kappa shape index (κ3) is 4.16. The number of hydrogen-bond donors (Lipinski definition) is 2. The van der Waals surface area contributed by atoms with Crippen LogP contribution in [-0.4, -0.2) is 33.6 Å². The van der Waals surface area contributed by atoms with Gasteiger partial charge >= 0.3 is 5.97 Å². The molecule has 0 saturated carbocycles. The second kappa shape index (κ2) is 6.86. The van der Waals surface area contributed by atoms with Crippen molar-refractivity contribution < 1.29 is 24.5 Å². The molecule has 6 nitrogen and oxygen atoms in total. The lowest BCUT2D eigenvalue weighted by Crippen LogP contribution is -2.12. The van der Waals surface area contributed by atoms with Crippen molar-refractivity contribution in [1.29, 1.82) is 0 Å². The number of ketones is 1. The highest BCUT2D eigenvalue weighted by molar-refractivity contribution is 7.09. The molecule has 2 aromatic rings. The number of aromatic hydroxyl groups is 2. The number of phenolic OH excluding ortho intramolecular Hbond substituents is 2. The number of rotatable bonds is 5. The van der Waals surface area contributed by atoms with E-state index in [1.54, 1.807) is 5.38 Å². The minimum atomic E-state index is -0.683. The van der Waals surface area contributed by atoms with Crippen molar-refractivity contribution in [2.24, 2.45) is 0 Å². The Morgan fingerprint density at radius 1 is 1.36 bits per heavy atom. The molecule has 2 N–H and O–H groups in total. The molecule has 0 amide bonds. The Kier molecular flexibility index (Phi) is 4.90. The largest absolute Gasteiger partial charge is 0.508 e. The number of hydrogen-bond acceptors (Lipinski definition) is 7. The molecule has 0 spiro atoms. The van der Waals surface area contributed by atoms with Crippen LogP contribution < -0.4 is 0 Å². The van der Waals surface area contributed by atoms with E-state index in [4.69, 9.17) is 9.84 Å². The van der Waals surface area contributed by atoms with Gasteiger partial charge in [-0.1, -0.05) is 0 Å². The van der Waals surface area contributed by atoms with Crippen LogP contribution in [0.5, 0.6) is 11.5 Å². The van der Waals surface area contributed by atoms with E-state index in [0.29, 0.717) is 5.69 Å². The van der Waals surface area contributed by atoms with Crippen molar-refractivity contribution in [3.05, 3.63) is 45.9 Å². The summed E-state index contributed by atoms with van der Waals surface area (Å²) in [6, 6.07) is 3.56. The van der Waals surface area contributed by atoms with E-state index in [1.807, 2.05) is 6.92 Å². The van der Waals surface area contributed by atoms with Crippen molar-refractivity contribution in [1.82, 2.24) is 4.98 Å². The van der Waals surface area contributed by atoms with Gasteiger partial charge in [0.25, 0.3) is 0 Å². The van der Waals surface area contributed by atoms with Crippen LogP contribution in [0.2, 0.25) is 0 Å². The summed E-state index contributed by atoms with van der Waals surface area (Å²) in [5.41, 5.74) is 0.617. The molecular weight excluding hydrogens is 306 g/mol. The molecule has 0 bridgehead atoms. The number of thiazole rings is 1. The maximum Gasteiger partial charge on any atom is 0.331 e. The van der Waals surface area contributed by atoms with Crippen molar-refractivity contribution in [3.8, 4) is 11.5 Å². The SMILES string of the molecule is Cc1nc(C=CC(=O)OCC(=O)c2ccc(O)cc2O)cs1. The van der Waals surface area contributed by atoms with Crippen LogP contribution in [0.1, 0.15) is 21.1 Å². The predicted octanol–water partition coefficient (Wildman–Crippen LogP) is 2.30. The summed E-state index contributed by atoms with van der Waals surface area (Å²) in [6.45, 7) is 1.35. The molecule has 0 atom stereocenters. The van der Waals surface area contributed by atoms with Crippen LogP contribution in [0.15, 0.2) is 29.7 Å². The van der Waals surface area contributed by atoms with Crippen LogP contribution in [0.25, 0.3) is 6.08 Å². The van der Waals surface area contributed by atoms with E-state index in [0.717, 1.165) is 11.1 Å². The number of carbonyl (C=O) groups excluding carboxylic acids is 2. The summed E-state index contributed by atoms with van der Waals surface area (Å²) in [5.74, 6) is -1.77. The lowest BCUT2D eigenvalue weighted by molar-refractivity contribution is -0.136. The zero-order chi connectivity index (χ0) is 16.1. The number of nitrogens with zero attached hydrogens (tertiary/aromatic N) is 1. The van der Waals surface area contributed by atoms with Crippen LogP contribution in [-0.2, 0) is 9.53 Å². The molecule has 0 aliphatic carbocycles. The van der Waals surface area contributed by atoms with Gasteiger partial charge in [-0.3, -0.25) is 4.79 Å². The van der Waals surface area contributed by atoms with Crippen LogP contribution >= 0.6 is 11.3 Å². The van der Waals surface area contributed by atoms with Crippen LogP contribution in [0.3, 0.4) is 0 Å². The van der Waals surface area contributed by atoms with Crippen LogP contribution in [0, 0.1) is 6.92 Å². The fourth-order valence-corrected chi connectivity index (χ4v) is 2.21. The maximum absolute atomic E-state index is 11.8. The second-order valence-electron chi connectivity index (χ2n) is 4.36. The lowest BCUT2D eigenvalue weighted by atomic mass is 10.1. The van der Waals surface area contributed by atoms with Crippen LogP contribution in [0.4, 0.5) is 0 Å². The highest BCUT2D eigenvalue weighted by Gasteiger charge is 2.13. The van der Waals surface area contributed by atoms with Gasteiger partial charge in [0.05, 0.1) is 16.3 Å². The van der Waals surface area contributed by atoms with Gasteiger partial charge in [-0.2, -0.15) is 0 Å². The molecule has 0 fully saturated rings. The molecule has 22 heavy (non-hydrogen) atoms. The molecule has 0 saturated heterocycles. The molecule has 7 heteroatoms. The van der Waals surface area contributed by atoms with Gasteiger partial charge in [-0.25, -0.2) is 9.78 Å². The summed E-state index contributed by atoms with van der Waals surface area (Å²) in [6.07, 6.45) is 2.67. The van der Waals surface area contributed by atoms with Gasteiger partial charge in [0.15, 0.2) is 6.61 Å². The molecule has 0 unspecified atom stereocenters. The fourth-order valence-electron chi connectivity index (χ4n) is 1.63. The zero-order valence-electron chi connectivity index (χ0n) is 11.6. The van der Waals surface area contributed by atoms with Gasteiger partial charge in [0.2, 0.25) is 5.78 Å². The minimum absolute atomic E-state index is 0.0234. The van der Waals surface area contributed by atoms with Crippen molar-refractivity contribution in [2.75, 3.05) is 6.61 Å². The van der Waals surface area contributed by atoms with Gasteiger partial charge in [-0.05, 0) is 25.1 Å². The number of benzene rings is 1. The minimum Gasteiger partial charge on any atom is -0.508 e. The molecule has 0 radical (unpaired) electrons. The Morgan fingerprint density at radius 2 is 2.14 bits per heavy atom. The number of esters is 1. The van der Waals surface area contributed by atoms with Crippen molar-refractivity contribution in [2.45, 2.75) is 6.92 Å². The molecule has 1 heterocycles. The second-order valence-corrected chi connectivity index (χ2v) is 5.42. The van der Waals surface area contributed by atoms with Crippen molar-refractivity contribution in [3.63, 3.8) is 0 Å². The van der Waals surface area contributed by atoms with E-state index in [1.165, 1.54) is 35.6 Å². The summed E-state index contributed by atoms with van der Waals surface area (Å²) < 4.78 is 4.80. The predicted molar refractivity (Wildman–Crippen MR) is 80.9 cm³/mol. The summed E-state index contributed by atoms with van der Waals surface area (Å²) >= 11 is 1.46. The molecule has 0 aliphatic heterocycles. The first kappa shape index (κ1) is 15.7. The Labute approximate surface area is 130 Å². The number of Topliss-reactive ketones (excluding diaryl/α,β-unsaturated/α-hetero) is 1. The molecule has 0 aliphatic rings. The van der Waals surface area contributed by atoms with E-state index >= 15 is 0 Å². The molecule has 114 valence electrons. The average Bonchev–Trinajstić information content (AvgIpc) is 2.88. The smallest absolute Gasteiger partial charge is 0.331 e. The highest BCUT2D eigenvalue weighted by atomic mass is 32.1. The number of phenols is 2. The highest BCUT2D eigenvalue weighted by Crippen LogP contribution is 2.22. The quantitative estimate of drug-likeness (QED) is 0.499. The Hall–Kier alpha value is -2.67. The first-order valence-corrected chi connectivity index (χ1v) is 7.16. The fraction of sp³-hybridized carbons (Fsp3) is 0.133. The Bertz CT molecular complexity index is 735. The topological polar surface area (TPSA) is 96.7 Å².